The van der Waals surface area contributed by atoms with Gasteiger partial charge in [0.2, 0.25) is 5.91 Å². The molecule has 0 aromatic heterocycles. The molecule has 5 nitrogen and oxygen atoms in total. The number of nitrogens with two attached hydrogens (primary N) is 2. The first-order valence-electron chi connectivity index (χ1n) is 8.74. The Morgan fingerprint density at radius 1 is 1.17 bits per heavy atom. The Kier molecular flexibility index (Phi) is 9.27. The van der Waals surface area contributed by atoms with E-state index in [2.05, 4.69) is 5.32 Å². The van der Waals surface area contributed by atoms with Crippen molar-refractivity contribution in [2.24, 2.45) is 23.3 Å². The van der Waals surface area contributed by atoms with Crippen LogP contribution in [-0.2, 0) is 16.0 Å². The molecular weight excluding hydrogens is 302 g/mol. The summed E-state index contributed by atoms with van der Waals surface area (Å²) in [5.74, 6) is -0.179. The minimum atomic E-state index is -0.500. The summed E-state index contributed by atoms with van der Waals surface area (Å²) in [6.07, 6.45) is 2.09. The van der Waals surface area contributed by atoms with Crippen molar-refractivity contribution < 1.29 is 9.59 Å². The molecule has 0 aliphatic carbocycles. The van der Waals surface area contributed by atoms with E-state index in [9.17, 15) is 9.59 Å². The number of hydrogen-bond acceptors (Lipinski definition) is 4. The summed E-state index contributed by atoms with van der Waals surface area (Å²) in [4.78, 5) is 24.8. The molecule has 0 saturated heterocycles. The van der Waals surface area contributed by atoms with Crippen LogP contribution in [0.5, 0.6) is 0 Å². The maximum atomic E-state index is 12.5. The standard InChI is InChI=1S/C19H31N3O2/c1-14(2)11-17(21)18(23)13-16(19(24)22-10-6-9-20)12-15-7-4-3-5-8-15/h3-5,7-8,14,16-17H,6,9-13,20-21H2,1-2H3,(H,22,24). The molecule has 2 unspecified atom stereocenters. The lowest BCUT2D eigenvalue weighted by Crippen LogP contribution is -2.39. The summed E-state index contributed by atoms with van der Waals surface area (Å²) < 4.78 is 0. The number of nitrogens with one attached hydrogen (secondary N) is 1. The van der Waals surface area contributed by atoms with Crippen molar-refractivity contribution in [1.29, 1.82) is 0 Å². The lowest BCUT2D eigenvalue weighted by molar-refractivity contribution is -0.130. The number of benzene rings is 1. The molecule has 1 aromatic carbocycles. The molecule has 0 radical (unpaired) electrons. The molecule has 0 aliphatic rings. The molecule has 2 atom stereocenters. The number of carbonyl (C=O) groups is 2. The Hall–Kier alpha value is -1.72. The molecule has 0 saturated carbocycles. The third-order valence-corrected chi connectivity index (χ3v) is 3.96. The van der Waals surface area contributed by atoms with E-state index < -0.39 is 12.0 Å². The van der Waals surface area contributed by atoms with E-state index in [4.69, 9.17) is 11.5 Å². The molecule has 24 heavy (non-hydrogen) atoms. The number of hydrogen-bond donors (Lipinski definition) is 3. The van der Waals surface area contributed by atoms with E-state index in [1.54, 1.807) is 0 Å². The molecule has 134 valence electrons. The van der Waals surface area contributed by atoms with E-state index >= 15 is 0 Å². The minimum Gasteiger partial charge on any atom is -0.356 e. The lowest BCUT2D eigenvalue weighted by atomic mass is 9.89. The van der Waals surface area contributed by atoms with Crippen LogP contribution in [-0.4, -0.2) is 30.8 Å². The van der Waals surface area contributed by atoms with Crippen molar-refractivity contribution in [2.75, 3.05) is 13.1 Å². The van der Waals surface area contributed by atoms with Gasteiger partial charge >= 0.3 is 0 Å². The number of rotatable bonds is 11. The van der Waals surface area contributed by atoms with E-state index in [-0.39, 0.29) is 18.1 Å². The minimum absolute atomic E-state index is 0.0430. The molecule has 5 heteroatoms. The highest BCUT2D eigenvalue weighted by molar-refractivity contribution is 5.89. The van der Waals surface area contributed by atoms with Crippen LogP contribution in [0.2, 0.25) is 0 Å². The second kappa shape index (κ2) is 10.9. The van der Waals surface area contributed by atoms with Crippen LogP contribution in [0.25, 0.3) is 0 Å². The Morgan fingerprint density at radius 3 is 2.42 bits per heavy atom. The Bertz CT molecular complexity index is 503. The summed E-state index contributed by atoms with van der Waals surface area (Å²) in [5.41, 5.74) is 12.5. The number of carbonyl (C=O) groups excluding carboxylic acids is 2. The van der Waals surface area contributed by atoms with E-state index in [0.29, 0.717) is 31.8 Å². The first kappa shape index (κ1) is 20.3. The first-order valence-corrected chi connectivity index (χ1v) is 8.74. The summed E-state index contributed by atoms with van der Waals surface area (Å²) in [6.45, 7) is 5.14. The summed E-state index contributed by atoms with van der Waals surface area (Å²) in [6, 6.07) is 9.25. The van der Waals surface area contributed by atoms with Gasteiger partial charge in [-0.3, -0.25) is 9.59 Å². The van der Waals surface area contributed by atoms with Gasteiger partial charge < -0.3 is 16.8 Å². The van der Waals surface area contributed by atoms with Gasteiger partial charge in [-0.1, -0.05) is 44.2 Å². The van der Waals surface area contributed by atoms with Crippen molar-refractivity contribution in [3.8, 4) is 0 Å². The summed E-state index contributed by atoms with van der Waals surface area (Å²) in [5, 5.41) is 2.88. The smallest absolute Gasteiger partial charge is 0.223 e. The fraction of sp³-hybridized carbons (Fsp3) is 0.579. The monoisotopic (exact) mass is 333 g/mol. The van der Waals surface area contributed by atoms with Crippen LogP contribution in [0.1, 0.15) is 38.7 Å². The second-order valence-electron chi connectivity index (χ2n) is 6.73. The SMILES string of the molecule is CC(C)CC(N)C(=O)CC(Cc1ccccc1)C(=O)NCCCN. The van der Waals surface area contributed by atoms with Crippen LogP contribution in [0.4, 0.5) is 0 Å². The van der Waals surface area contributed by atoms with Gasteiger partial charge in [0, 0.05) is 18.9 Å². The van der Waals surface area contributed by atoms with Crippen LogP contribution < -0.4 is 16.8 Å². The molecule has 1 amide bonds. The maximum Gasteiger partial charge on any atom is 0.223 e. The molecule has 0 bridgehead atoms. The fourth-order valence-electron chi connectivity index (χ4n) is 2.65. The first-order chi connectivity index (χ1) is 11.4. The molecule has 1 aromatic rings. The largest absolute Gasteiger partial charge is 0.356 e. The van der Waals surface area contributed by atoms with Gasteiger partial charge in [0.25, 0.3) is 0 Å². The van der Waals surface area contributed by atoms with Crippen LogP contribution in [0.3, 0.4) is 0 Å². The quantitative estimate of drug-likeness (QED) is 0.536. The molecule has 1 rings (SSSR count). The average Bonchev–Trinajstić information content (AvgIpc) is 2.54. The zero-order chi connectivity index (χ0) is 17.9. The highest BCUT2D eigenvalue weighted by atomic mass is 16.2. The molecule has 0 fully saturated rings. The van der Waals surface area contributed by atoms with Crippen molar-refractivity contribution in [3.05, 3.63) is 35.9 Å². The number of ketones is 1. The molecule has 0 aliphatic heterocycles. The van der Waals surface area contributed by atoms with Gasteiger partial charge in [-0.15, -0.1) is 0 Å². The van der Waals surface area contributed by atoms with Gasteiger partial charge in [0.15, 0.2) is 0 Å². The Morgan fingerprint density at radius 2 is 1.83 bits per heavy atom. The Balaban J connectivity index is 2.72. The molecular formula is C19H31N3O2. The summed E-state index contributed by atoms with van der Waals surface area (Å²) in [7, 11) is 0. The third-order valence-electron chi connectivity index (χ3n) is 3.96. The van der Waals surface area contributed by atoms with E-state index in [0.717, 1.165) is 12.0 Å². The zero-order valence-electron chi connectivity index (χ0n) is 14.8. The maximum absolute atomic E-state index is 12.5. The van der Waals surface area contributed by atoms with Gasteiger partial charge in [-0.25, -0.2) is 0 Å². The van der Waals surface area contributed by atoms with Crippen LogP contribution in [0.15, 0.2) is 30.3 Å². The van der Waals surface area contributed by atoms with E-state index in [1.165, 1.54) is 0 Å². The summed E-state index contributed by atoms with van der Waals surface area (Å²) >= 11 is 0. The zero-order valence-corrected chi connectivity index (χ0v) is 14.8. The van der Waals surface area contributed by atoms with Gasteiger partial charge in [-0.2, -0.15) is 0 Å². The number of Topliss-reactive ketones (excluding diaryl/α,β-unsaturated/α-hetero) is 1. The van der Waals surface area contributed by atoms with Crippen molar-refractivity contribution in [1.82, 2.24) is 5.32 Å². The highest BCUT2D eigenvalue weighted by Gasteiger charge is 2.25. The predicted octanol–water partition coefficient (Wildman–Crippen LogP) is 1.64. The second-order valence-corrected chi connectivity index (χ2v) is 6.73. The normalized spacial score (nSPS) is 13.5. The topological polar surface area (TPSA) is 98.2 Å². The van der Waals surface area contributed by atoms with Crippen molar-refractivity contribution in [2.45, 2.75) is 45.6 Å². The fourth-order valence-corrected chi connectivity index (χ4v) is 2.65. The number of amides is 1. The Labute approximate surface area is 145 Å². The van der Waals surface area contributed by atoms with Gasteiger partial charge in [0.1, 0.15) is 5.78 Å². The third kappa shape index (κ3) is 7.70. The van der Waals surface area contributed by atoms with Gasteiger partial charge in [0.05, 0.1) is 6.04 Å². The molecule has 0 spiro atoms. The van der Waals surface area contributed by atoms with Gasteiger partial charge in [-0.05, 0) is 37.3 Å². The lowest BCUT2D eigenvalue weighted by Gasteiger charge is -2.19. The van der Waals surface area contributed by atoms with Crippen LogP contribution >= 0.6 is 0 Å². The average molecular weight is 333 g/mol. The van der Waals surface area contributed by atoms with E-state index in [1.807, 2.05) is 44.2 Å². The highest BCUT2D eigenvalue weighted by Crippen LogP contribution is 2.16. The molecule has 0 heterocycles. The predicted molar refractivity (Wildman–Crippen MR) is 97.4 cm³/mol. The molecule has 5 N–H and O–H groups in total. The van der Waals surface area contributed by atoms with Crippen molar-refractivity contribution >= 4 is 11.7 Å². The van der Waals surface area contributed by atoms with Crippen LogP contribution in [0, 0.1) is 11.8 Å². The van der Waals surface area contributed by atoms with Crippen molar-refractivity contribution in [3.63, 3.8) is 0 Å².